The second kappa shape index (κ2) is 6.85. The van der Waals surface area contributed by atoms with Gasteiger partial charge in [0.1, 0.15) is 0 Å². The third-order valence-electron chi connectivity index (χ3n) is 4.99. The molecule has 0 atom stereocenters. The molecular formula is C24H22N2O3. The number of aromatic nitrogens is 1. The molecule has 0 unspecified atom stereocenters. The van der Waals surface area contributed by atoms with Gasteiger partial charge in [0.25, 0.3) is 0 Å². The molecular weight excluding hydrogens is 364 g/mol. The lowest BCUT2D eigenvalue weighted by molar-refractivity contribution is -0.129. The molecule has 29 heavy (non-hydrogen) atoms. The Balaban J connectivity index is 1.72. The molecule has 3 aromatic rings. The summed E-state index contributed by atoms with van der Waals surface area (Å²) in [5.74, 6) is -0.306. The number of benzene rings is 2. The molecule has 0 radical (unpaired) electrons. The van der Waals surface area contributed by atoms with Crippen molar-refractivity contribution >= 4 is 34.8 Å². The lowest BCUT2D eigenvalue weighted by Crippen LogP contribution is -2.11. The van der Waals surface area contributed by atoms with E-state index in [1.54, 1.807) is 16.8 Å². The highest BCUT2D eigenvalue weighted by Gasteiger charge is 2.25. The molecule has 2 heterocycles. The van der Waals surface area contributed by atoms with Crippen LogP contribution in [0.1, 0.15) is 49.2 Å². The number of cyclic esters (lactones) is 1. The Morgan fingerprint density at radius 1 is 1.07 bits per heavy atom. The maximum Gasteiger partial charge on any atom is 0.363 e. The van der Waals surface area contributed by atoms with E-state index in [9.17, 15) is 9.59 Å². The minimum Gasteiger partial charge on any atom is -0.402 e. The quantitative estimate of drug-likeness (QED) is 0.463. The molecule has 1 aliphatic rings. The molecule has 0 saturated heterocycles. The van der Waals surface area contributed by atoms with Gasteiger partial charge in [0.2, 0.25) is 11.8 Å². The zero-order chi connectivity index (χ0) is 20.8. The van der Waals surface area contributed by atoms with Crippen molar-refractivity contribution in [3.05, 3.63) is 77.1 Å². The molecule has 0 spiro atoms. The van der Waals surface area contributed by atoms with Crippen LogP contribution in [0.4, 0.5) is 0 Å². The van der Waals surface area contributed by atoms with Crippen LogP contribution in [0.5, 0.6) is 0 Å². The van der Waals surface area contributed by atoms with Crippen molar-refractivity contribution in [1.82, 2.24) is 4.57 Å². The van der Waals surface area contributed by atoms with Crippen molar-refractivity contribution in [2.45, 2.75) is 33.1 Å². The Bertz CT molecular complexity index is 1190. The van der Waals surface area contributed by atoms with E-state index in [1.165, 1.54) is 12.5 Å². The Morgan fingerprint density at radius 3 is 2.41 bits per heavy atom. The number of nitrogens with zero attached hydrogens (tertiary/aromatic N) is 2. The molecule has 0 saturated carbocycles. The van der Waals surface area contributed by atoms with Crippen LogP contribution < -0.4 is 0 Å². The number of aliphatic imine (C=N–C) groups is 1. The Hall–Kier alpha value is -3.47. The summed E-state index contributed by atoms with van der Waals surface area (Å²) < 4.78 is 6.96. The molecule has 1 aromatic heterocycles. The van der Waals surface area contributed by atoms with E-state index < -0.39 is 5.97 Å². The van der Waals surface area contributed by atoms with Gasteiger partial charge in [-0.1, -0.05) is 51.1 Å². The third kappa shape index (κ3) is 3.51. The topological polar surface area (TPSA) is 60.7 Å². The molecule has 5 nitrogen and oxygen atoms in total. The van der Waals surface area contributed by atoms with Gasteiger partial charge in [0, 0.05) is 29.6 Å². The van der Waals surface area contributed by atoms with Crippen LogP contribution >= 0.6 is 0 Å². The van der Waals surface area contributed by atoms with Gasteiger partial charge in [0.15, 0.2) is 5.70 Å². The van der Waals surface area contributed by atoms with E-state index in [4.69, 9.17) is 4.74 Å². The number of para-hydroxylation sites is 1. The number of hydrogen-bond donors (Lipinski definition) is 0. The lowest BCUT2D eigenvalue weighted by atomic mass is 9.87. The molecule has 2 aromatic carbocycles. The first-order chi connectivity index (χ1) is 13.7. The normalized spacial score (nSPS) is 15.7. The first-order valence-electron chi connectivity index (χ1n) is 9.48. The molecule has 5 heteroatoms. The van der Waals surface area contributed by atoms with E-state index in [0.717, 1.165) is 22.0 Å². The summed E-state index contributed by atoms with van der Waals surface area (Å²) in [6, 6.07) is 15.4. The predicted octanol–water partition coefficient (Wildman–Crippen LogP) is 4.94. The number of rotatable bonds is 2. The fourth-order valence-electron chi connectivity index (χ4n) is 3.37. The number of carbonyl (C=O) groups excluding carboxylic acids is 2. The first kappa shape index (κ1) is 18.9. The summed E-state index contributed by atoms with van der Waals surface area (Å²) in [6.07, 6.45) is 3.39. The van der Waals surface area contributed by atoms with Crippen molar-refractivity contribution in [3.63, 3.8) is 0 Å². The van der Waals surface area contributed by atoms with Crippen molar-refractivity contribution in [3.8, 4) is 0 Å². The average Bonchev–Trinajstić information content (AvgIpc) is 3.23. The van der Waals surface area contributed by atoms with Crippen molar-refractivity contribution in [1.29, 1.82) is 0 Å². The second-order valence-electron chi connectivity index (χ2n) is 8.15. The van der Waals surface area contributed by atoms with Gasteiger partial charge < -0.3 is 4.74 Å². The van der Waals surface area contributed by atoms with Crippen LogP contribution in [0.2, 0.25) is 0 Å². The van der Waals surface area contributed by atoms with Crippen molar-refractivity contribution in [2.24, 2.45) is 4.99 Å². The van der Waals surface area contributed by atoms with Crippen LogP contribution in [-0.2, 0) is 14.9 Å². The molecule has 0 amide bonds. The number of esters is 1. The maximum atomic E-state index is 12.4. The van der Waals surface area contributed by atoms with Gasteiger partial charge in [-0.15, -0.1) is 0 Å². The Morgan fingerprint density at radius 2 is 1.76 bits per heavy atom. The van der Waals surface area contributed by atoms with Gasteiger partial charge in [-0.2, -0.15) is 0 Å². The smallest absolute Gasteiger partial charge is 0.363 e. The summed E-state index contributed by atoms with van der Waals surface area (Å²) in [6.45, 7) is 7.94. The molecule has 0 fully saturated rings. The number of fused-ring (bicyclic) bond motifs is 1. The molecule has 0 aliphatic carbocycles. The highest BCUT2D eigenvalue weighted by atomic mass is 16.6. The van der Waals surface area contributed by atoms with Gasteiger partial charge in [-0.25, -0.2) is 9.79 Å². The van der Waals surface area contributed by atoms with E-state index >= 15 is 0 Å². The Labute approximate surface area is 169 Å². The average molecular weight is 386 g/mol. The van der Waals surface area contributed by atoms with Gasteiger partial charge >= 0.3 is 5.97 Å². The number of hydrogen-bond acceptors (Lipinski definition) is 4. The van der Waals surface area contributed by atoms with Crippen LogP contribution in [0, 0.1) is 0 Å². The van der Waals surface area contributed by atoms with E-state index in [1.807, 2.05) is 48.5 Å². The summed E-state index contributed by atoms with van der Waals surface area (Å²) in [5, 5.41) is 0.876. The molecule has 146 valence electrons. The predicted molar refractivity (Wildman–Crippen MR) is 114 cm³/mol. The fourth-order valence-corrected chi connectivity index (χ4v) is 3.37. The Kier molecular flexibility index (Phi) is 4.46. The third-order valence-corrected chi connectivity index (χ3v) is 4.99. The SMILES string of the molecule is CC(=O)n1cc(C=C2N=C(c3ccc(C(C)(C)C)cc3)OC2=O)c2ccccc21. The molecule has 0 bridgehead atoms. The van der Waals surface area contributed by atoms with Gasteiger partial charge in [-0.3, -0.25) is 9.36 Å². The summed E-state index contributed by atoms with van der Waals surface area (Å²) in [7, 11) is 0. The summed E-state index contributed by atoms with van der Waals surface area (Å²) in [5.41, 5.74) is 3.74. The van der Waals surface area contributed by atoms with Gasteiger partial charge in [0.05, 0.1) is 5.52 Å². The van der Waals surface area contributed by atoms with Gasteiger partial charge in [-0.05, 0) is 35.3 Å². The van der Waals surface area contributed by atoms with Crippen LogP contribution in [0.15, 0.2) is 65.4 Å². The van der Waals surface area contributed by atoms with Crippen LogP contribution in [0.25, 0.3) is 17.0 Å². The fraction of sp³-hybridized carbons (Fsp3) is 0.208. The van der Waals surface area contributed by atoms with E-state index in [-0.39, 0.29) is 22.9 Å². The summed E-state index contributed by atoms with van der Waals surface area (Å²) >= 11 is 0. The lowest BCUT2D eigenvalue weighted by Gasteiger charge is -2.18. The van der Waals surface area contributed by atoms with Crippen LogP contribution in [-0.4, -0.2) is 22.3 Å². The minimum absolute atomic E-state index is 0.0443. The molecule has 4 rings (SSSR count). The van der Waals surface area contributed by atoms with E-state index in [2.05, 4.69) is 25.8 Å². The highest BCUT2D eigenvalue weighted by Crippen LogP contribution is 2.27. The van der Waals surface area contributed by atoms with Crippen molar-refractivity contribution in [2.75, 3.05) is 0 Å². The molecule has 1 aliphatic heterocycles. The highest BCUT2D eigenvalue weighted by molar-refractivity contribution is 6.13. The van der Waals surface area contributed by atoms with E-state index in [0.29, 0.717) is 0 Å². The zero-order valence-electron chi connectivity index (χ0n) is 16.9. The zero-order valence-corrected chi connectivity index (χ0v) is 16.9. The molecule has 0 N–H and O–H groups in total. The van der Waals surface area contributed by atoms with Crippen LogP contribution in [0.3, 0.4) is 0 Å². The second-order valence-corrected chi connectivity index (χ2v) is 8.15. The first-order valence-corrected chi connectivity index (χ1v) is 9.48. The van der Waals surface area contributed by atoms with Crippen molar-refractivity contribution < 1.29 is 14.3 Å². The maximum absolute atomic E-state index is 12.4. The standard InChI is InChI=1S/C24H22N2O3/c1-15(27)26-14-17(19-7-5-6-8-21(19)26)13-20-23(28)29-22(25-20)16-9-11-18(12-10-16)24(2,3)4/h5-14H,1-4H3. The number of carbonyl (C=O) groups is 2. The minimum atomic E-state index is -0.500. The largest absolute Gasteiger partial charge is 0.402 e. The summed E-state index contributed by atoms with van der Waals surface area (Å²) in [4.78, 5) is 28.7. The monoisotopic (exact) mass is 386 g/mol. The number of ether oxygens (including phenoxy) is 1.